The number of phenolic OH excluding ortho intramolecular Hbond substituents is 1. The molecular formula is C12H10N2O3. The number of methoxy groups -OCH3 is 2. The largest absolute Gasteiger partial charge is 0.507 e. The maximum Gasteiger partial charge on any atom is 0.133 e. The van der Waals surface area contributed by atoms with Crippen molar-refractivity contribution in [1.29, 1.82) is 10.5 Å². The van der Waals surface area contributed by atoms with Crippen molar-refractivity contribution >= 4 is 6.08 Å². The minimum absolute atomic E-state index is 0.121. The third-order valence-electron chi connectivity index (χ3n) is 2.08. The average Bonchev–Trinajstić information content (AvgIpc) is 2.36. The molecule has 0 heterocycles. The molecule has 1 aromatic rings. The van der Waals surface area contributed by atoms with Gasteiger partial charge in [0.25, 0.3) is 0 Å². The van der Waals surface area contributed by atoms with Crippen molar-refractivity contribution in [2.75, 3.05) is 14.2 Å². The lowest BCUT2D eigenvalue weighted by Crippen LogP contribution is -1.91. The Morgan fingerprint density at radius 3 is 2.35 bits per heavy atom. The number of nitriles is 2. The van der Waals surface area contributed by atoms with Crippen molar-refractivity contribution in [3.8, 4) is 29.4 Å². The van der Waals surface area contributed by atoms with Gasteiger partial charge in [-0.25, -0.2) is 0 Å². The number of ether oxygens (including phenoxy) is 2. The van der Waals surface area contributed by atoms with Gasteiger partial charge in [-0.1, -0.05) is 0 Å². The smallest absolute Gasteiger partial charge is 0.133 e. The summed E-state index contributed by atoms with van der Waals surface area (Å²) in [4.78, 5) is 0. The molecule has 0 bridgehead atoms. The monoisotopic (exact) mass is 230 g/mol. The molecule has 0 saturated heterocycles. The van der Waals surface area contributed by atoms with E-state index < -0.39 is 0 Å². The summed E-state index contributed by atoms with van der Waals surface area (Å²) in [5.74, 6) is 0.626. The van der Waals surface area contributed by atoms with Crippen LogP contribution in [-0.4, -0.2) is 19.3 Å². The molecule has 0 atom stereocenters. The van der Waals surface area contributed by atoms with Crippen LogP contribution in [0.1, 0.15) is 5.56 Å². The standard InChI is InChI=1S/C12H10N2O3/c1-16-9-4-11(15)10(12(5-9)17-2)3-8(6-13)7-14/h3-5,15H,1-2H3. The first-order valence-electron chi connectivity index (χ1n) is 4.63. The molecule has 1 N–H and O–H groups in total. The number of hydrogen-bond donors (Lipinski definition) is 1. The van der Waals surface area contributed by atoms with Gasteiger partial charge in [0.15, 0.2) is 0 Å². The zero-order valence-corrected chi connectivity index (χ0v) is 9.39. The molecule has 1 rings (SSSR count). The molecule has 5 heteroatoms. The van der Waals surface area contributed by atoms with Gasteiger partial charge in [0, 0.05) is 12.1 Å². The van der Waals surface area contributed by atoms with Crippen molar-refractivity contribution in [1.82, 2.24) is 0 Å². The maximum absolute atomic E-state index is 9.75. The first-order valence-corrected chi connectivity index (χ1v) is 4.63. The van der Waals surface area contributed by atoms with Crippen molar-refractivity contribution in [3.05, 3.63) is 23.3 Å². The van der Waals surface area contributed by atoms with E-state index >= 15 is 0 Å². The fourth-order valence-electron chi connectivity index (χ4n) is 1.25. The molecule has 17 heavy (non-hydrogen) atoms. The van der Waals surface area contributed by atoms with E-state index in [-0.39, 0.29) is 16.9 Å². The zero-order valence-electron chi connectivity index (χ0n) is 9.39. The summed E-state index contributed by atoms with van der Waals surface area (Å²) in [6.45, 7) is 0. The van der Waals surface area contributed by atoms with Crippen LogP contribution < -0.4 is 9.47 Å². The number of phenols is 1. The molecule has 0 unspecified atom stereocenters. The predicted octanol–water partition coefficient (Wildman–Crippen LogP) is 1.84. The number of benzene rings is 1. The first-order chi connectivity index (χ1) is 8.15. The molecule has 0 aliphatic rings. The van der Waals surface area contributed by atoms with E-state index in [0.29, 0.717) is 11.5 Å². The predicted molar refractivity (Wildman–Crippen MR) is 60.4 cm³/mol. The molecule has 1 aromatic carbocycles. The van der Waals surface area contributed by atoms with Gasteiger partial charge in [-0.3, -0.25) is 0 Å². The van der Waals surface area contributed by atoms with Crippen molar-refractivity contribution in [2.45, 2.75) is 0 Å². The summed E-state index contributed by atoms with van der Waals surface area (Å²) in [5.41, 5.74) is 0.148. The number of hydrogen-bond acceptors (Lipinski definition) is 5. The highest BCUT2D eigenvalue weighted by Crippen LogP contribution is 2.34. The summed E-state index contributed by atoms with van der Waals surface area (Å²) in [5, 5.41) is 27.1. The summed E-state index contributed by atoms with van der Waals surface area (Å²) >= 11 is 0. The fraction of sp³-hybridized carbons (Fsp3) is 0.167. The van der Waals surface area contributed by atoms with Gasteiger partial charge in [-0.15, -0.1) is 0 Å². The van der Waals surface area contributed by atoms with Crippen LogP contribution in [-0.2, 0) is 0 Å². The van der Waals surface area contributed by atoms with Gasteiger partial charge in [0.1, 0.15) is 35.0 Å². The molecule has 0 fully saturated rings. The van der Waals surface area contributed by atoms with Gasteiger partial charge in [0.05, 0.1) is 19.8 Å². The van der Waals surface area contributed by atoms with Gasteiger partial charge in [-0.2, -0.15) is 10.5 Å². The van der Waals surface area contributed by atoms with Crippen LogP contribution in [0.2, 0.25) is 0 Å². The quantitative estimate of drug-likeness (QED) is 0.800. The Morgan fingerprint density at radius 1 is 1.24 bits per heavy atom. The lowest BCUT2D eigenvalue weighted by molar-refractivity contribution is 0.384. The van der Waals surface area contributed by atoms with Crippen LogP contribution in [0, 0.1) is 22.7 Å². The minimum atomic E-state index is -0.122. The van der Waals surface area contributed by atoms with Crippen LogP contribution in [0.3, 0.4) is 0 Å². The third-order valence-corrected chi connectivity index (χ3v) is 2.08. The van der Waals surface area contributed by atoms with Crippen molar-refractivity contribution in [3.63, 3.8) is 0 Å². The van der Waals surface area contributed by atoms with E-state index in [1.54, 1.807) is 18.2 Å². The highest BCUT2D eigenvalue weighted by atomic mass is 16.5. The highest BCUT2D eigenvalue weighted by Gasteiger charge is 2.10. The number of aromatic hydroxyl groups is 1. The summed E-state index contributed by atoms with van der Waals surface area (Å²) in [6.07, 6.45) is 1.26. The molecule has 0 aliphatic heterocycles. The van der Waals surface area contributed by atoms with Crippen LogP contribution in [0.15, 0.2) is 17.7 Å². The molecule has 0 aromatic heterocycles. The molecule has 0 amide bonds. The Bertz CT molecular complexity index is 520. The normalized spacial score (nSPS) is 8.71. The van der Waals surface area contributed by atoms with E-state index in [1.165, 1.54) is 26.4 Å². The Hall–Kier alpha value is -2.66. The van der Waals surface area contributed by atoms with E-state index in [9.17, 15) is 5.11 Å². The Balaban J connectivity index is 3.40. The first kappa shape index (κ1) is 12.4. The highest BCUT2D eigenvalue weighted by molar-refractivity contribution is 5.71. The minimum Gasteiger partial charge on any atom is -0.507 e. The van der Waals surface area contributed by atoms with Gasteiger partial charge in [-0.05, 0) is 6.08 Å². The molecule has 0 spiro atoms. The molecule has 0 aliphatic carbocycles. The van der Waals surface area contributed by atoms with E-state index in [4.69, 9.17) is 20.0 Å². The lowest BCUT2D eigenvalue weighted by atomic mass is 10.1. The van der Waals surface area contributed by atoms with Crippen molar-refractivity contribution < 1.29 is 14.6 Å². The summed E-state index contributed by atoms with van der Waals surface area (Å²) in [7, 11) is 2.88. The Morgan fingerprint density at radius 2 is 1.88 bits per heavy atom. The Labute approximate surface area is 98.7 Å². The third kappa shape index (κ3) is 2.67. The maximum atomic E-state index is 9.75. The van der Waals surface area contributed by atoms with Gasteiger partial charge >= 0.3 is 0 Å². The van der Waals surface area contributed by atoms with Gasteiger partial charge < -0.3 is 14.6 Å². The number of rotatable bonds is 3. The molecule has 0 saturated carbocycles. The molecular weight excluding hydrogens is 220 g/mol. The lowest BCUT2D eigenvalue weighted by Gasteiger charge is -2.09. The average molecular weight is 230 g/mol. The number of allylic oxidation sites excluding steroid dienone is 1. The van der Waals surface area contributed by atoms with Gasteiger partial charge in [0.2, 0.25) is 0 Å². The van der Waals surface area contributed by atoms with Crippen LogP contribution in [0.5, 0.6) is 17.2 Å². The second-order valence-electron chi connectivity index (χ2n) is 3.04. The SMILES string of the molecule is COc1cc(O)c(C=C(C#N)C#N)c(OC)c1. The number of nitrogens with zero attached hydrogens (tertiary/aromatic N) is 2. The Kier molecular flexibility index (Phi) is 3.96. The molecule has 5 nitrogen and oxygen atoms in total. The fourth-order valence-corrected chi connectivity index (χ4v) is 1.25. The van der Waals surface area contributed by atoms with Crippen molar-refractivity contribution in [2.24, 2.45) is 0 Å². The van der Waals surface area contributed by atoms with E-state index in [0.717, 1.165) is 0 Å². The summed E-state index contributed by atoms with van der Waals surface area (Å²) in [6, 6.07) is 6.35. The van der Waals surface area contributed by atoms with E-state index in [2.05, 4.69) is 0 Å². The summed E-state index contributed by atoms with van der Waals surface area (Å²) < 4.78 is 10.0. The zero-order chi connectivity index (χ0) is 12.8. The van der Waals surface area contributed by atoms with E-state index in [1.807, 2.05) is 0 Å². The molecule has 0 radical (unpaired) electrons. The van der Waals surface area contributed by atoms with Crippen LogP contribution in [0.4, 0.5) is 0 Å². The van der Waals surface area contributed by atoms with Crippen LogP contribution >= 0.6 is 0 Å². The second-order valence-corrected chi connectivity index (χ2v) is 3.04. The second kappa shape index (κ2) is 5.43. The topological polar surface area (TPSA) is 86.3 Å². The van der Waals surface area contributed by atoms with Crippen LogP contribution in [0.25, 0.3) is 6.08 Å². The molecule has 86 valence electrons.